The predicted octanol–water partition coefficient (Wildman–Crippen LogP) is 2.96. The highest BCUT2D eigenvalue weighted by Crippen LogP contribution is 2.33. The Labute approximate surface area is 84.7 Å². The van der Waals surface area contributed by atoms with Crippen LogP contribution < -0.4 is 0 Å². The number of hydrogen-bond acceptors (Lipinski definition) is 1. The SMILES string of the molecule is O[C@@H]1CCCc2c(F)cc(Br)cc21. The summed E-state index contributed by atoms with van der Waals surface area (Å²) in [5.41, 5.74) is 1.43. The average Bonchev–Trinajstić information content (AvgIpc) is 2.07. The van der Waals surface area contributed by atoms with Crippen LogP contribution in [0, 0.1) is 5.82 Å². The van der Waals surface area contributed by atoms with Crippen LogP contribution in [-0.2, 0) is 6.42 Å². The largest absolute Gasteiger partial charge is 0.388 e. The first-order valence-electron chi connectivity index (χ1n) is 4.34. The Morgan fingerprint density at radius 3 is 3.00 bits per heavy atom. The minimum absolute atomic E-state index is 0.205. The zero-order valence-electron chi connectivity index (χ0n) is 7.06. The van der Waals surface area contributed by atoms with E-state index in [0.29, 0.717) is 10.0 Å². The van der Waals surface area contributed by atoms with Gasteiger partial charge in [-0.3, -0.25) is 0 Å². The topological polar surface area (TPSA) is 20.2 Å². The molecule has 0 unspecified atom stereocenters. The normalized spacial score (nSPS) is 21.3. The molecule has 1 nitrogen and oxygen atoms in total. The summed E-state index contributed by atoms with van der Waals surface area (Å²) < 4.78 is 14.1. The van der Waals surface area contributed by atoms with E-state index in [2.05, 4.69) is 15.9 Å². The first-order chi connectivity index (χ1) is 6.18. The van der Waals surface area contributed by atoms with Crippen LogP contribution in [-0.4, -0.2) is 5.11 Å². The maximum atomic E-state index is 13.4. The van der Waals surface area contributed by atoms with Crippen molar-refractivity contribution < 1.29 is 9.50 Å². The third-order valence-electron chi connectivity index (χ3n) is 2.46. The highest BCUT2D eigenvalue weighted by Gasteiger charge is 2.21. The van der Waals surface area contributed by atoms with Crippen LogP contribution in [0.3, 0.4) is 0 Å². The molecule has 0 radical (unpaired) electrons. The minimum Gasteiger partial charge on any atom is -0.388 e. The van der Waals surface area contributed by atoms with Crippen molar-refractivity contribution in [2.24, 2.45) is 0 Å². The van der Waals surface area contributed by atoms with Gasteiger partial charge in [-0.25, -0.2) is 4.39 Å². The maximum absolute atomic E-state index is 13.4. The van der Waals surface area contributed by atoms with Gasteiger partial charge < -0.3 is 5.11 Å². The quantitative estimate of drug-likeness (QED) is 0.745. The Morgan fingerprint density at radius 1 is 1.46 bits per heavy atom. The Morgan fingerprint density at radius 2 is 2.23 bits per heavy atom. The fourth-order valence-electron chi connectivity index (χ4n) is 1.81. The Hall–Kier alpha value is -0.410. The number of rotatable bonds is 0. The fourth-order valence-corrected chi connectivity index (χ4v) is 2.26. The first kappa shape index (κ1) is 9.16. The van der Waals surface area contributed by atoms with Gasteiger partial charge in [-0.05, 0) is 42.5 Å². The van der Waals surface area contributed by atoms with Gasteiger partial charge in [0.1, 0.15) is 5.82 Å². The number of aliphatic hydroxyl groups excluding tert-OH is 1. The standard InChI is InChI=1S/C10H10BrFO/c11-6-4-8-7(9(12)5-6)2-1-3-10(8)13/h4-5,10,13H,1-3H2/t10-/m1/s1. The van der Waals surface area contributed by atoms with Gasteiger partial charge in [-0.15, -0.1) is 0 Å². The zero-order chi connectivity index (χ0) is 9.42. The van der Waals surface area contributed by atoms with Crippen LogP contribution in [0.25, 0.3) is 0 Å². The Balaban J connectivity index is 2.56. The van der Waals surface area contributed by atoms with Gasteiger partial charge in [0, 0.05) is 4.47 Å². The van der Waals surface area contributed by atoms with E-state index >= 15 is 0 Å². The predicted molar refractivity (Wildman–Crippen MR) is 52.0 cm³/mol. The molecule has 1 aliphatic carbocycles. The van der Waals surface area contributed by atoms with Crippen molar-refractivity contribution in [3.8, 4) is 0 Å². The van der Waals surface area contributed by atoms with Gasteiger partial charge in [0.2, 0.25) is 0 Å². The van der Waals surface area contributed by atoms with Crippen molar-refractivity contribution >= 4 is 15.9 Å². The molecule has 0 aliphatic heterocycles. The molecule has 1 N–H and O–H groups in total. The van der Waals surface area contributed by atoms with Gasteiger partial charge in [-0.2, -0.15) is 0 Å². The molecule has 0 saturated carbocycles. The van der Waals surface area contributed by atoms with E-state index in [4.69, 9.17) is 0 Å². The van der Waals surface area contributed by atoms with Gasteiger partial charge >= 0.3 is 0 Å². The smallest absolute Gasteiger partial charge is 0.127 e. The number of benzene rings is 1. The van der Waals surface area contributed by atoms with E-state index in [1.165, 1.54) is 6.07 Å². The van der Waals surface area contributed by atoms with E-state index in [9.17, 15) is 9.50 Å². The maximum Gasteiger partial charge on any atom is 0.127 e. The zero-order valence-corrected chi connectivity index (χ0v) is 8.64. The summed E-state index contributed by atoms with van der Waals surface area (Å²) >= 11 is 3.22. The third kappa shape index (κ3) is 1.63. The summed E-state index contributed by atoms with van der Waals surface area (Å²) in [6, 6.07) is 3.26. The van der Waals surface area contributed by atoms with Crippen molar-refractivity contribution in [1.29, 1.82) is 0 Å². The molecule has 0 amide bonds. The average molecular weight is 245 g/mol. The van der Waals surface area contributed by atoms with Crippen molar-refractivity contribution in [2.45, 2.75) is 25.4 Å². The Bertz CT molecular complexity index is 338. The van der Waals surface area contributed by atoms with E-state index < -0.39 is 6.10 Å². The highest BCUT2D eigenvalue weighted by molar-refractivity contribution is 9.10. The molecule has 1 atom stereocenters. The second kappa shape index (κ2) is 3.39. The van der Waals surface area contributed by atoms with Crippen LogP contribution in [0.1, 0.15) is 30.1 Å². The summed E-state index contributed by atoms with van der Waals surface area (Å²) in [4.78, 5) is 0. The molecule has 0 spiro atoms. The molecule has 0 heterocycles. The van der Waals surface area contributed by atoms with Crippen LogP contribution in [0.2, 0.25) is 0 Å². The molecule has 1 aliphatic rings. The first-order valence-corrected chi connectivity index (χ1v) is 5.13. The molecule has 2 rings (SSSR count). The van der Waals surface area contributed by atoms with Crippen LogP contribution >= 0.6 is 15.9 Å². The molecule has 70 valence electrons. The van der Waals surface area contributed by atoms with Crippen LogP contribution in [0.15, 0.2) is 16.6 Å². The van der Waals surface area contributed by atoms with E-state index in [1.807, 2.05) is 6.07 Å². The van der Waals surface area contributed by atoms with Crippen LogP contribution in [0.4, 0.5) is 4.39 Å². The lowest BCUT2D eigenvalue weighted by Gasteiger charge is -2.21. The molecular weight excluding hydrogens is 235 g/mol. The summed E-state index contributed by atoms with van der Waals surface area (Å²) in [5, 5.41) is 9.62. The molecule has 13 heavy (non-hydrogen) atoms. The van der Waals surface area contributed by atoms with Gasteiger partial charge in [0.15, 0.2) is 0 Å². The summed E-state index contributed by atoms with van der Waals surface area (Å²) in [5.74, 6) is -0.205. The summed E-state index contributed by atoms with van der Waals surface area (Å²) in [6.07, 6.45) is 1.86. The number of hydrogen-bond donors (Lipinski definition) is 1. The minimum atomic E-state index is -0.490. The molecule has 1 aromatic carbocycles. The molecular formula is C10H10BrFO. The lowest BCUT2D eigenvalue weighted by atomic mass is 9.89. The highest BCUT2D eigenvalue weighted by atomic mass is 79.9. The monoisotopic (exact) mass is 244 g/mol. The van der Waals surface area contributed by atoms with Gasteiger partial charge in [0.25, 0.3) is 0 Å². The lowest BCUT2D eigenvalue weighted by molar-refractivity contribution is 0.155. The number of aliphatic hydroxyl groups is 1. The van der Waals surface area contributed by atoms with Crippen molar-refractivity contribution in [1.82, 2.24) is 0 Å². The van der Waals surface area contributed by atoms with Crippen LogP contribution in [0.5, 0.6) is 0 Å². The number of fused-ring (bicyclic) bond motifs is 1. The Kier molecular flexibility index (Phi) is 2.39. The van der Waals surface area contributed by atoms with Gasteiger partial charge in [-0.1, -0.05) is 15.9 Å². The molecule has 0 fully saturated rings. The summed E-state index contributed by atoms with van der Waals surface area (Å²) in [7, 11) is 0. The molecule has 0 bridgehead atoms. The third-order valence-corrected chi connectivity index (χ3v) is 2.92. The fraction of sp³-hybridized carbons (Fsp3) is 0.400. The second-order valence-corrected chi connectivity index (χ2v) is 4.28. The van der Waals surface area contributed by atoms with Crippen molar-refractivity contribution in [3.05, 3.63) is 33.5 Å². The molecule has 1 aromatic rings. The molecule has 0 saturated heterocycles. The number of halogens is 2. The molecule has 3 heteroatoms. The van der Waals surface area contributed by atoms with Crippen molar-refractivity contribution in [3.63, 3.8) is 0 Å². The van der Waals surface area contributed by atoms with Gasteiger partial charge in [0.05, 0.1) is 6.10 Å². The molecule has 0 aromatic heterocycles. The van der Waals surface area contributed by atoms with Crippen molar-refractivity contribution in [2.75, 3.05) is 0 Å². The van der Waals surface area contributed by atoms with E-state index in [0.717, 1.165) is 24.8 Å². The summed E-state index contributed by atoms with van der Waals surface area (Å²) in [6.45, 7) is 0. The second-order valence-electron chi connectivity index (χ2n) is 3.36. The van der Waals surface area contributed by atoms with E-state index in [1.54, 1.807) is 0 Å². The lowest BCUT2D eigenvalue weighted by Crippen LogP contribution is -2.10. The van der Waals surface area contributed by atoms with E-state index in [-0.39, 0.29) is 5.82 Å².